The van der Waals surface area contributed by atoms with Crippen molar-refractivity contribution in [1.82, 2.24) is 4.57 Å². The lowest BCUT2D eigenvalue weighted by Crippen LogP contribution is -2.06. The van der Waals surface area contributed by atoms with Gasteiger partial charge in [0.1, 0.15) is 0 Å². The summed E-state index contributed by atoms with van der Waals surface area (Å²) in [6, 6.07) is 13.7. The Kier molecular flexibility index (Phi) is 3.57. The van der Waals surface area contributed by atoms with Gasteiger partial charge in [-0.2, -0.15) is 0 Å². The molecule has 0 radical (unpaired) electrons. The van der Waals surface area contributed by atoms with Crippen LogP contribution in [-0.2, 0) is 6.54 Å². The number of hydrogen-bond acceptors (Lipinski definition) is 3. The number of hydrogen-bond donors (Lipinski definition) is 1. The number of rotatable bonds is 4. The van der Waals surface area contributed by atoms with Crippen molar-refractivity contribution in [3.8, 4) is 0 Å². The largest absolute Gasteiger partial charge is 0.478 e. The van der Waals surface area contributed by atoms with Gasteiger partial charge in [0.15, 0.2) is 0 Å². The number of nitro benzene ring substituents is 1. The standard InChI is InChI=1S/C17H14N2O4/c1-11-16(17(20)21)13-7-3-5-9-15(13)18(11)10-12-6-2-4-8-14(12)19(22)23/h2-9H,10H2,1H3,(H,20,21). The molecule has 0 fully saturated rings. The van der Waals surface area contributed by atoms with E-state index in [9.17, 15) is 20.0 Å². The fourth-order valence-corrected chi connectivity index (χ4v) is 2.90. The van der Waals surface area contributed by atoms with Crippen LogP contribution in [0.15, 0.2) is 48.5 Å². The van der Waals surface area contributed by atoms with E-state index in [2.05, 4.69) is 0 Å². The third kappa shape index (κ3) is 2.44. The SMILES string of the molecule is Cc1c(C(=O)O)c2ccccc2n1Cc1ccccc1[N+](=O)[O-]. The van der Waals surface area contributed by atoms with Crippen molar-refractivity contribution >= 4 is 22.6 Å². The minimum atomic E-state index is -1.000. The van der Waals surface area contributed by atoms with Crippen LogP contribution in [0.5, 0.6) is 0 Å². The van der Waals surface area contributed by atoms with Crippen molar-refractivity contribution in [1.29, 1.82) is 0 Å². The molecule has 0 saturated heterocycles. The maximum absolute atomic E-state index is 11.6. The summed E-state index contributed by atoms with van der Waals surface area (Å²) in [5, 5.41) is 21.3. The molecule has 1 aromatic heterocycles. The molecule has 23 heavy (non-hydrogen) atoms. The molecule has 0 atom stereocenters. The van der Waals surface area contributed by atoms with E-state index < -0.39 is 10.9 Å². The van der Waals surface area contributed by atoms with E-state index in [1.54, 1.807) is 41.8 Å². The molecule has 0 bridgehead atoms. The van der Waals surface area contributed by atoms with E-state index in [1.807, 2.05) is 12.1 Å². The van der Waals surface area contributed by atoms with Crippen molar-refractivity contribution < 1.29 is 14.8 Å². The molecule has 0 amide bonds. The number of para-hydroxylation sites is 2. The molecule has 0 aliphatic carbocycles. The second-order valence-corrected chi connectivity index (χ2v) is 5.25. The van der Waals surface area contributed by atoms with Gasteiger partial charge in [-0.3, -0.25) is 10.1 Å². The van der Waals surface area contributed by atoms with Crippen LogP contribution in [-0.4, -0.2) is 20.6 Å². The van der Waals surface area contributed by atoms with E-state index in [0.717, 1.165) is 5.52 Å². The van der Waals surface area contributed by atoms with E-state index >= 15 is 0 Å². The summed E-state index contributed by atoms with van der Waals surface area (Å²) in [6.45, 7) is 1.97. The normalized spacial score (nSPS) is 10.8. The first-order valence-electron chi connectivity index (χ1n) is 7.04. The second kappa shape index (κ2) is 5.57. The predicted octanol–water partition coefficient (Wildman–Crippen LogP) is 3.60. The van der Waals surface area contributed by atoms with Gasteiger partial charge in [-0.25, -0.2) is 4.79 Å². The number of carboxylic acids is 1. The lowest BCUT2D eigenvalue weighted by molar-refractivity contribution is -0.385. The molecule has 0 saturated carbocycles. The lowest BCUT2D eigenvalue weighted by Gasteiger charge is -2.09. The average molecular weight is 310 g/mol. The molecular weight excluding hydrogens is 296 g/mol. The van der Waals surface area contributed by atoms with Crippen LogP contribution in [0.2, 0.25) is 0 Å². The Morgan fingerprint density at radius 3 is 2.52 bits per heavy atom. The third-order valence-electron chi connectivity index (χ3n) is 3.96. The molecule has 2 aromatic carbocycles. The summed E-state index contributed by atoms with van der Waals surface area (Å²) >= 11 is 0. The zero-order chi connectivity index (χ0) is 16.6. The predicted molar refractivity (Wildman–Crippen MR) is 85.8 cm³/mol. The van der Waals surface area contributed by atoms with Gasteiger partial charge < -0.3 is 9.67 Å². The maximum Gasteiger partial charge on any atom is 0.338 e. The molecule has 3 rings (SSSR count). The van der Waals surface area contributed by atoms with Crippen molar-refractivity contribution in [2.45, 2.75) is 13.5 Å². The molecule has 6 heteroatoms. The number of carbonyl (C=O) groups is 1. The smallest absolute Gasteiger partial charge is 0.338 e. The van der Waals surface area contributed by atoms with Crippen LogP contribution >= 0.6 is 0 Å². The molecule has 0 unspecified atom stereocenters. The molecule has 0 aliphatic rings. The Morgan fingerprint density at radius 2 is 1.83 bits per heavy atom. The summed E-state index contributed by atoms with van der Waals surface area (Å²) in [5.41, 5.74) is 2.14. The number of aromatic carboxylic acids is 1. The van der Waals surface area contributed by atoms with Crippen LogP contribution in [0.1, 0.15) is 21.6 Å². The zero-order valence-electron chi connectivity index (χ0n) is 12.4. The second-order valence-electron chi connectivity index (χ2n) is 5.25. The monoisotopic (exact) mass is 310 g/mol. The Balaban J connectivity index is 2.21. The van der Waals surface area contributed by atoms with Gasteiger partial charge in [-0.05, 0) is 13.0 Å². The van der Waals surface area contributed by atoms with Crippen molar-refractivity contribution in [2.75, 3.05) is 0 Å². The highest BCUT2D eigenvalue weighted by Gasteiger charge is 2.21. The van der Waals surface area contributed by atoms with Crippen LogP contribution in [0.25, 0.3) is 10.9 Å². The first kappa shape index (κ1) is 14.8. The van der Waals surface area contributed by atoms with Gasteiger partial charge in [0.25, 0.3) is 5.69 Å². The number of carboxylic acid groups (broad SMARTS) is 1. The van der Waals surface area contributed by atoms with Crippen molar-refractivity contribution in [3.05, 3.63) is 75.5 Å². The van der Waals surface area contributed by atoms with Crippen LogP contribution in [0.3, 0.4) is 0 Å². The maximum atomic E-state index is 11.6. The highest BCUT2D eigenvalue weighted by molar-refractivity contribution is 6.05. The molecule has 1 N–H and O–H groups in total. The average Bonchev–Trinajstić information content (AvgIpc) is 2.80. The number of benzene rings is 2. The third-order valence-corrected chi connectivity index (χ3v) is 3.96. The quantitative estimate of drug-likeness (QED) is 0.589. The van der Waals surface area contributed by atoms with Gasteiger partial charge in [0.2, 0.25) is 0 Å². The van der Waals surface area contributed by atoms with E-state index in [0.29, 0.717) is 16.6 Å². The molecule has 6 nitrogen and oxygen atoms in total. The highest BCUT2D eigenvalue weighted by atomic mass is 16.6. The first-order valence-corrected chi connectivity index (χ1v) is 7.04. The Morgan fingerprint density at radius 1 is 1.17 bits per heavy atom. The number of fused-ring (bicyclic) bond motifs is 1. The van der Waals surface area contributed by atoms with E-state index in [4.69, 9.17) is 0 Å². The fourth-order valence-electron chi connectivity index (χ4n) is 2.90. The fraction of sp³-hybridized carbons (Fsp3) is 0.118. The summed E-state index contributed by atoms with van der Waals surface area (Å²) in [4.78, 5) is 22.3. The molecule has 0 aliphatic heterocycles. The van der Waals surface area contributed by atoms with Gasteiger partial charge in [-0.1, -0.05) is 36.4 Å². The molecular formula is C17H14N2O4. The van der Waals surface area contributed by atoms with Gasteiger partial charge in [0, 0.05) is 28.2 Å². The van der Waals surface area contributed by atoms with E-state index in [-0.39, 0.29) is 17.8 Å². The summed E-state index contributed by atoms with van der Waals surface area (Å²) in [5.74, 6) is -1.000. The highest BCUT2D eigenvalue weighted by Crippen LogP contribution is 2.28. The minimum Gasteiger partial charge on any atom is -0.478 e. The Hall–Kier alpha value is -3.15. The van der Waals surface area contributed by atoms with Crippen molar-refractivity contribution in [3.63, 3.8) is 0 Å². The van der Waals surface area contributed by atoms with Crippen LogP contribution < -0.4 is 0 Å². The molecule has 116 valence electrons. The minimum absolute atomic E-state index is 0.0292. The topological polar surface area (TPSA) is 85.4 Å². The zero-order valence-corrected chi connectivity index (χ0v) is 12.4. The summed E-state index contributed by atoms with van der Waals surface area (Å²) < 4.78 is 1.81. The first-order chi connectivity index (χ1) is 11.0. The number of nitro groups is 1. The molecule has 3 aromatic rings. The number of nitrogens with zero attached hydrogens (tertiary/aromatic N) is 2. The van der Waals surface area contributed by atoms with E-state index in [1.165, 1.54) is 6.07 Å². The number of aromatic nitrogens is 1. The van der Waals surface area contributed by atoms with Crippen LogP contribution in [0, 0.1) is 17.0 Å². The van der Waals surface area contributed by atoms with Crippen molar-refractivity contribution in [2.24, 2.45) is 0 Å². The lowest BCUT2D eigenvalue weighted by atomic mass is 10.1. The molecule has 1 heterocycles. The molecule has 0 spiro atoms. The van der Waals surface area contributed by atoms with Crippen LogP contribution in [0.4, 0.5) is 5.69 Å². The Labute approximate surface area is 131 Å². The summed E-state index contributed by atoms with van der Waals surface area (Å²) in [7, 11) is 0. The van der Waals surface area contributed by atoms with Gasteiger partial charge >= 0.3 is 5.97 Å². The summed E-state index contributed by atoms with van der Waals surface area (Å²) in [6.07, 6.45) is 0. The Bertz CT molecular complexity index is 927. The van der Waals surface area contributed by atoms with Gasteiger partial charge in [-0.15, -0.1) is 0 Å². The van der Waals surface area contributed by atoms with Gasteiger partial charge in [0.05, 0.1) is 17.0 Å².